The van der Waals surface area contributed by atoms with Crippen LogP contribution in [0.1, 0.15) is 5.56 Å². The second-order valence-electron chi connectivity index (χ2n) is 5.00. The average molecular weight is 298 g/mol. The zero-order chi connectivity index (χ0) is 15.9. The second kappa shape index (κ2) is 5.11. The van der Waals surface area contributed by atoms with E-state index in [-0.39, 0.29) is 22.7 Å². The summed E-state index contributed by atoms with van der Waals surface area (Å²) in [5, 5.41) is 19.7. The van der Waals surface area contributed by atoms with Crippen molar-refractivity contribution in [1.82, 2.24) is 0 Å². The molecular weight excluding hydrogens is 284 g/mol. The van der Waals surface area contributed by atoms with E-state index in [0.717, 1.165) is 0 Å². The zero-order valence-electron chi connectivity index (χ0n) is 12.1. The van der Waals surface area contributed by atoms with Crippen molar-refractivity contribution < 1.29 is 19.4 Å². The molecule has 2 N–H and O–H groups in total. The predicted octanol–water partition coefficient (Wildman–Crippen LogP) is 3.19. The van der Waals surface area contributed by atoms with Crippen molar-refractivity contribution in [1.29, 1.82) is 0 Å². The summed E-state index contributed by atoms with van der Waals surface area (Å²) in [5.74, 6) is 0.657. The average Bonchev–Trinajstić information content (AvgIpc) is 2.46. The number of hydrogen-bond donors (Lipinski definition) is 2. The van der Waals surface area contributed by atoms with Gasteiger partial charge in [-0.05, 0) is 36.8 Å². The number of aryl methyl sites for hydroxylation is 1. The molecule has 0 spiro atoms. The van der Waals surface area contributed by atoms with Gasteiger partial charge in [-0.3, -0.25) is 4.79 Å². The monoisotopic (exact) mass is 298 g/mol. The normalized spacial score (nSPS) is 10.8. The third kappa shape index (κ3) is 2.26. The third-order valence-electron chi connectivity index (χ3n) is 3.48. The summed E-state index contributed by atoms with van der Waals surface area (Å²) in [5.41, 5.74) is 1.36. The van der Waals surface area contributed by atoms with Crippen LogP contribution in [0.2, 0.25) is 0 Å². The van der Waals surface area contributed by atoms with Crippen LogP contribution < -0.4 is 10.2 Å². The highest BCUT2D eigenvalue weighted by Gasteiger charge is 2.12. The number of benzene rings is 2. The van der Waals surface area contributed by atoms with Gasteiger partial charge < -0.3 is 19.4 Å². The molecule has 0 radical (unpaired) electrons. The van der Waals surface area contributed by atoms with Gasteiger partial charge in [0, 0.05) is 17.7 Å². The van der Waals surface area contributed by atoms with E-state index in [9.17, 15) is 15.0 Å². The Labute approximate surface area is 126 Å². The van der Waals surface area contributed by atoms with Crippen LogP contribution in [0.4, 0.5) is 0 Å². The smallest absolute Gasteiger partial charge is 0.193 e. The van der Waals surface area contributed by atoms with Crippen LogP contribution >= 0.6 is 0 Å². The molecule has 0 fully saturated rings. The molecule has 0 saturated carbocycles. The van der Waals surface area contributed by atoms with Crippen LogP contribution in [0, 0.1) is 6.92 Å². The summed E-state index contributed by atoms with van der Waals surface area (Å²) >= 11 is 0. The van der Waals surface area contributed by atoms with Crippen molar-refractivity contribution in [3.05, 3.63) is 52.2 Å². The first-order valence-electron chi connectivity index (χ1n) is 6.64. The van der Waals surface area contributed by atoms with Gasteiger partial charge in [-0.1, -0.05) is 0 Å². The number of phenolic OH excluding ortho intramolecular Hbond substituents is 2. The minimum atomic E-state index is -0.194. The summed E-state index contributed by atoms with van der Waals surface area (Å²) < 4.78 is 10.8. The van der Waals surface area contributed by atoms with E-state index in [4.69, 9.17) is 9.15 Å². The van der Waals surface area contributed by atoms with Gasteiger partial charge in [0.15, 0.2) is 16.9 Å². The van der Waals surface area contributed by atoms with Crippen molar-refractivity contribution in [2.75, 3.05) is 7.11 Å². The lowest BCUT2D eigenvalue weighted by atomic mass is 10.1. The molecule has 22 heavy (non-hydrogen) atoms. The van der Waals surface area contributed by atoms with Gasteiger partial charge in [0.2, 0.25) is 0 Å². The Kier molecular flexibility index (Phi) is 3.25. The number of fused-ring (bicyclic) bond motifs is 1. The molecule has 0 atom stereocenters. The number of rotatable bonds is 2. The Hall–Kier alpha value is -2.95. The van der Waals surface area contributed by atoms with Crippen molar-refractivity contribution in [2.24, 2.45) is 0 Å². The Bertz CT molecular complexity index is 924. The lowest BCUT2D eigenvalue weighted by Crippen LogP contribution is -2.02. The lowest BCUT2D eigenvalue weighted by molar-refractivity contribution is 0.373. The molecule has 0 aliphatic rings. The van der Waals surface area contributed by atoms with Crippen LogP contribution in [0.25, 0.3) is 22.3 Å². The van der Waals surface area contributed by atoms with Crippen LogP contribution in [0.15, 0.2) is 45.6 Å². The zero-order valence-corrected chi connectivity index (χ0v) is 12.1. The molecule has 0 aliphatic heterocycles. The molecule has 5 heteroatoms. The van der Waals surface area contributed by atoms with Crippen molar-refractivity contribution in [3.8, 4) is 28.6 Å². The molecule has 1 heterocycles. The molecule has 3 aromatic rings. The number of ether oxygens (including phenoxy) is 1. The summed E-state index contributed by atoms with van der Waals surface area (Å²) in [6, 6.07) is 8.98. The molecular formula is C17H14O5. The van der Waals surface area contributed by atoms with Gasteiger partial charge in [0.1, 0.15) is 17.1 Å². The Morgan fingerprint density at radius 3 is 2.59 bits per heavy atom. The van der Waals surface area contributed by atoms with E-state index < -0.39 is 0 Å². The predicted molar refractivity (Wildman–Crippen MR) is 82.5 cm³/mol. The number of methoxy groups -OCH3 is 1. The van der Waals surface area contributed by atoms with E-state index >= 15 is 0 Å². The fourth-order valence-corrected chi connectivity index (χ4v) is 2.45. The number of hydrogen-bond acceptors (Lipinski definition) is 5. The first kappa shape index (κ1) is 14.0. The molecule has 112 valence electrons. The summed E-state index contributed by atoms with van der Waals surface area (Å²) in [6.07, 6.45) is 0. The minimum Gasteiger partial charge on any atom is -0.508 e. The highest BCUT2D eigenvalue weighted by molar-refractivity contribution is 5.83. The Morgan fingerprint density at radius 2 is 1.86 bits per heavy atom. The lowest BCUT2D eigenvalue weighted by Gasteiger charge is -2.08. The van der Waals surface area contributed by atoms with Crippen molar-refractivity contribution >= 4 is 11.0 Å². The Morgan fingerprint density at radius 1 is 1.09 bits per heavy atom. The van der Waals surface area contributed by atoms with Gasteiger partial charge >= 0.3 is 0 Å². The molecule has 0 bridgehead atoms. The van der Waals surface area contributed by atoms with E-state index in [1.54, 1.807) is 19.1 Å². The maximum Gasteiger partial charge on any atom is 0.193 e. The van der Waals surface area contributed by atoms with Crippen molar-refractivity contribution in [3.63, 3.8) is 0 Å². The molecule has 3 rings (SSSR count). The molecule has 0 amide bonds. The maximum absolute atomic E-state index is 12.3. The quantitative estimate of drug-likeness (QED) is 0.759. The fraction of sp³-hybridized carbons (Fsp3) is 0.118. The topological polar surface area (TPSA) is 79.9 Å². The van der Waals surface area contributed by atoms with Crippen LogP contribution in [-0.2, 0) is 0 Å². The maximum atomic E-state index is 12.3. The summed E-state index contributed by atoms with van der Waals surface area (Å²) in [6.45, 7) is 1.74. The standard InChI is InChI=1S/C17H14O5/c1-9-5-11(18)7-16-17(9)13(20)8-14(22-16)10-3-4-12(19)15(6-10)21-2/h3-8,18-19H,1-2H3. The van der Waals surface area contributed by atoms with Gasteiger partial charge in [-0.15, -0.1) is 0 Å². The number of aromatic hydroxyl groups is 2. The summed E-state index contributed by atoms with van der Waals surface area (Å²) in [4.78, 5) is 12.3. The molecule has 1 aromatic heterocycles. The van der Waals surface area contributed by atoms with Gasteiger partial charge in [0.05, 0.1) is 12.5 Å². The summed E-state index contributed by atoms with van der Waals surface area (Å²) in [7, 11) is 1.44. The molecule has 0 aliphatic carbocycles. The number of phenols is 2. The van der Waals surface area contributed by atoms with Crippen LogP contribution in [-0.4, -0.2) is 17.3 Å². The van der Waals surface area contributed by atoms with Gasteiger partial charge in [0.25, 0.3) is 0 Å². The van der Waals surface area contributed by atoms with E-state index in [1.807, 2.05) is 0 Å². The van der Waals surface area contributed by atoms with E-state index in [0.29, 0.717) is 27.9 Å². The molecule has 5 nitrogen and oxygen atoms in total. The fourth-order valence-electron chi connectivity index (χ4n) is 2.45. The second-order valence-corrected chi connectivity index (χ2v) is 5.00. The SMILES string of the molecule is COc1cc(-c2cc(=O)c3c(C)cc(O)cc3o2)ccc1O. The first-order valence-corrected chi connectivity index (χ1v) is 6.64. The highest BCUT2D eigenvalue weighted by Crippen LogP contribution is 2.32. The van der Waals surface area contributed by atoms with Gasteiger partial charge in [-0.25, -0.2) is 0 Å². The minimum absolute atomic E-state index is 0.00266. The van der Waals surface area contributed by atoms with Crippen molar-refractivity contribution in [2.45, 2.75) is 6.92 Å². The van der Waals surface area contributed by atoms with E-state index in [1.165, 1.54) is 31.4 Å². The highest BCUT2D eigenvalue weighted by atomic mass is 16.5. The molecule has 0 unspecified atom stereocenters. The molecule has 2 aromatic carbocycles. The first-order chi connectivity index (χ1) is 10.5. The van der Waals surface area contributed by atoms with Crippen LogP contribution in [0.3, 0.4) is 0 Å². The van der Waals surface area contributed by atoms with Gasteiger partial charge in [-0.2, -0.15) is 0 Å². The molecule has 0 saturated heterocycles. The Balaban J connectivity index is 2.26. The van der Waals surface area contributed by atoms with E-state index in [2.05, 4.69) is 0 Å². The largest absolute Gasteiger partial charge is 0.508 e. The van der Waals surface area contributed by atoms with Crippen LogP contribution in [0.5, 0.6) is 17.2 Å². The third-order valence-corrected chi connectivity index (χ3v) is 3.48.